The number of benzene rings is 1. The summed E-state index contributed by atoms with van der Waals surface area (Å²) >= 11 is 0. The van der Waals surface area contributed by atoms with Crippen molar-refractivity contribution < 1.29 is 4.79 Å². The van der Waals surface area contributed by atoms with Crippen LogP contribution in [-0.2, 0) is 11.2 Å². The van der Waals surface area contributed by atoms with Crippen molar-refractivity contribution in [1.29, 1.82) is 0 Å². The van der Waals surface area contributed by atoms with Crippen molar-refractivity contribution in [2.45, 2.75) is 52.4 Å². The zero-order valence-electron chi connectivity index (χ0n) is 13.2. The molecule has 114 valence electrons. The number of aromatic amines is 1. The second-order valence-electron chi connectivity index (χ2n) is 5.83. The van der Waals surface area contributed by atoms with Crippen LogP contribution in [-0.4, -0.2) is 22.4 Å². The van der Waals surface area contributed by atoms with E-state index in [0.29, 0.717) is 18.9 Å². The summed E-state index contributed by atoms with van der Waals surface area (Å²) in [6, 6.07) is 6.27. The maximum Gasteiger partial charge on any atom is 0.220 e. The number of H-pyrrole nitrogens is 1. The molecule has 2 rings (SSSR count). The van der Waals surface area contributed by atoms with Crippen molar-refractivity contribution in [3.05, 3.63) is 29.6 Å². The number of fused-ring (bicyclic) bond motifs is 1. The smallest absolute Gasteiger partial charge is 0.220 e. The van der Waals surface area contributed by atoms with Gasteiger partial charge in [-0.05, 0) is 30.5 Å². The molecule has 4 heteroatoms. The summed E-state index contributed by atoms with van der Waals surface area (Å²) in [5.41, 5.74) is 3.31. The number of nitrogens with zero attached hydrogens (tertiary/aromatic N) is 1. The topological polar surface area (TPSA) is 57.8 Å². The van der Waals surface area contributed by atoms with Gasteiger partial charge in [-0.2, -0.15) is 0 Å². The van der Waals surface area contributed by atoms with Crippen LogP contribution in [0.3, 0.4) is 0 Å². The number of aromatic nitrogens is 2. The molecule has 1 heterocycles. The lowest BCUT2D eigenvalue weighted by Gasteiger charge is -2.05. The van der Waals surface area contributed by atoms with E-state index in [-0.39, 0.29) is 5.91 Å². The number of hydrogen-bond acceptors (Lipinski definition) is 2. The van der Waals surface area contributed by atoms with Gasteiger partial charge in [0.1, 0.15) is 5.82 Å². The predicted octanol–water partition coefficient (Wildman–Crippen LogP) is 3.54. The Bertz CT molecular complexity index is 601. The summed E-state index contributed by atoms with van der Waals surface area (Å²) in [5, 5.41) is 2.97. The Morgan fingerprint density at radius 3 is 2.90 bits per heavy atom. The van der Waals surface area contributed by atoms with Gasteiger partial charge in [0.2, 0.25) is 5.91 Å². The Morgan fingerprint density at radius 1 is 1.38 bits per heavy atom. The molecule has 0 atom stereocenters. The van der Waals surface area contributed by atoms with E-state index < -0.39 is 0 Å². The van der Waals surface area contributed by atoms with Gasteiger partial charge in [0.05, 0.1) is 11.0 Å². The number of nitrogens with one attached hydrogen (secondary N) is 2. The molecule has 0 aliphatic carbocycles. The highest BCUT2D eigenvalue weighted by Crippen LogP contribution is 2.18. The Balaban J connectivity index is 1.92. The van der Waals surface area contributed by atoms with E-state index in [9.17, 15) is 4.79 Å². The normalized spacial score (nSPS) is 11.2. The average molecular weight is 287 g/mol. The standard InChI is InChI=1S/C17H25N3O/c1-4-5-6-16(21)18-10-9-13-7-8-14-15(11-13)20-17(19-14)12(2)3/h7-8,11-12H,4-6,9-10H2,1-3H3,(H,18,21)(H,19,20). The number of unbranched alkanes of at least 4 members (excludes halogenated alkanes) is 1. The third kappa shape index (κ3) is 4.31. The first kappa shape index (κ1) is 15.5. The fourth-order valence-electron chi connectivity index (χ4n) is 2.28. The van der Waals surface area contributed by atoms with Crippen LogP contribution in [0.15, 0.2) is 18.2 Å². The maximum absolute atomic E-state index is 11.6. The van der Waals surface area contributed by atoms with Crippen LogP contribution in [0.25, 0.3) is 11.0 Å². The van der Waals surface area contributed by atoms with Crippen molar-refractivity contribution in [2.24, 2.45) is 0 Å². The van der Waals surface area contributed by atoms with Gasteiger partial charge in [-0.1, -0.05) is 33.3 Å². The lowest BCUT2D eigenvalue weighted by Crippen LogP contribution is -2.25. The maximum atomic E-state index is 11.6. The number of imidazole rings is 1. The lowest BCUT2D eigenvalue weighted by atomic mass is 10.1. The van der Waals surface area contributed by atoms with Gasteiger partial charge in [0.15, 0.2) is 0 Å². The van der Waals surface area contributed by atoms with E-state index in [4.69, 9.17) is 0 Å². The van der Waals surface area contributed by atoms with E-state index >= 15 is 0 Å². The molecule has 4 nitrogen and oxygen atoms in total. The Hall–Kier alpha value is -1.84. The second-order valence-corrected chi connectivity index (χ2v) is 5.83. The van der Waals surface area contributed by atoms with Crippen LogP contribution in [0.1, 0.15) is 57.3 Å². The molecule has 0 aliphatic heterocycles. The van der Waals surface area contributed by atoms with E-state index in [0.717, 1.165) is 36.1 Å². The summed E-state index contributed by atoms with van der Waals surface area (Å²) in [7, 11) is 0. The highest BCUT2D eigenvalue weighted by atomic mass is 16.1. The van der Waals surface area contributed by atoms with Crippen molar-refractivity contribution in [3.63, 3.8) is 0 Å². The number of hydrogen-bond donors (Lipinski definition) is 2. The minimum absolute atomic E-state index is 0.154. The third-order valence-electron chi connectivity index (χ3n) is 3.60. The molecule has 2 N–H and O–H groups in total. The van der Waals surface area contributed by atoms with Crippen LogP contribution < -0.4 is 5.32 Å². The number of rotatable bonds is 7. The van der Waals surface area contributed by atoms with E-state index in [2.05, 4.69) is 48.2 Å². The van der Waals surface area contributed by atoms with Crippen LogP contribution in [0.4, 0.5) is 0 Å². The van der Waals surface area contributed by atoms with Gasteiger partial charge in [0.25, 0.3) is 0 Å². The molecule has 0 unspecified atom stereocenters. The minimum Gasteiger partial charge on any atom is -0.356 e. The molecule has 0 saturated carbocycles. The molecule has 0 aliphatic rings. The minimum atomic E-state index is 0.154. The van der Waals surface area contributed by atoms with Gasteiger partial charge in [-0.3, -0.25) is 4.79 Å². The van der Waals surface area contributed by atoms with Gasteiger partial charge < -0.3 is 10.3 Å². The molecule has 0 bridgehead atoms. The zero-order chi connectivity index (χ0) is 15.2. The molecule has 0 radical (unpaired) electrons. The number of amides is 1. The van der Waals surface area contributed by atoms with E-state index in [1.165, 1.54) is 5.56 Å². The lowest BCUT2D eigenvalue weighted by molar-refractivity contribution is -0.121. The Kier molecular flexibility index (Phi) is 5.37. The summed E-state index contributed by atoms with van der Waals surface area (Å²) in [6.07, 6.45) is 3.50. The largest absolute Gasteiger partial charge is 0.356 e. The highest BCUT2D eigenvalue weighted by Gasteiger charge is 2.07. The molecule has 0 saturated heterocycles. The highest BCUT2D eigenvalue weighted by molar-refractivity contribution is 5.76. The molecule has 21 heavy (non-hydrogen) atoms. The first-order valence-corrected chi connectivity index (χ1v) is 7.85. The monoisotopic (exact) mass is 287 g/mol. The van der Waals surface area contributed by atoms with Crippen LogP contribution in [0.5, 0.6) is 0 Å². The Labute approximate surface area is 126 Å². The second kappa shape index (κ2) is 7.25. The average Bonchev–Trinajstić information content (AvgIpc) is 2.88. The van der Waals surface area contributed by atoms with Crippen molar-refractivity contribution in [1.82, 2.24) is 15.3 Å². The fraction of sp³-hybridized carbons (Fsp3) is 0.529. The zero-order valence-corrected chi connectivity index (χ0v) is 13.2. The van der Waals surface area contributed by atoms with Crippen LogP contribution >= 0.6 is 0 Å². The predicted molar refractivity (Wildman–Crippen MR) is 86.4 cm³/mol. The van der Waals surface area contributed by atoms with Gasteiger partial charge in [-0.15, -0.1) is 0 Å². The molecule has 0 fully saturated rings. The summed E-state index contributed by atoms with van der Waals surface area (Å²) < 4.78 is 0. The van der Waals surface area contributed by atoms with Gasteiger partial charge in [0, 0.05) is 18.9 Å². The van der Waals surface area contributed by atoms with Crippen LogP contribution in [0, 0.1) is 0 Å². The molecule has 1 aromatic heterocycles. The summed E-state index contributed by atoms with van der Waals surface area (Å²) in [5.74, 6) is 1.58. The van der Waals surface area contributed by atoms with E-state index in [1.807, 2.05) is 6.07 Å². The fourth-order valence-corrected chi connectivity index (χ4v) is 2.28. The van der Waals surface area contributed by atoms with Crippen molar-refractivity contribution in [3.8, 4) is 0 Å². The first-order chi connectivity index (χ1) is 10.1. The van der Waals surface area contributed by atoms with E-state index in [1.54, 1.807) is 0 Å². The quantitative estimate of drug-likeness (QED) is 0.818. The number of carbonyl (C=O) groups excluding carboxylic acids is 1. The van der Waals surface area contributed by atoms with Gasteiger partial charge >= 0.3 is 0 Å². The first-order valence-electron chi connectivity index (χ1n) is 7.85. The molecule has 2 aromatic rings. The van der Waals surface area contributed by atoms with Crippen molar-refractivity contribution in [2.75, 3.05) is 6.54 Å². The molecule has 1 aromatic carbocycles. The Morgan fingerprint density at radius 2 is 2.19 bits per heavy atom. The number of carbonyl (C=O) groups is 1. The molecule has 0 spiro atoms. The summed E-state index contributed by atoms with van der Waals surface area (Å²) in [4.78, 5) is 19.5. The molecular formula is C17H25N3O. The van der Waals surface area contributed by atoms with Gasteiger partial charge in [-0.25, -0.2) is 4.98 Å². The molecular weight excluding hydrogens is 262 g/mol. The molecule has 1 amide bonds. The third-order valence-corrected chi connectivity index (χ3v) is 3.60. The van der Waals surface area contributed by atoms with Crippen molar-refractivity contribution >= 4 is 16.9 Å². The van der Waals surface area contributed by atoms with Crippen LogP contribution in [0.2, 0.25) is 0 Å². The SMILES string of the molecule is CCCCC(=O)NCCc1ccc2nc(C(C)C)[nH]c2c1. The summed E-state index contributed by atoms with van der Waals surface area (Å²) in [6.45, 7) is 7.05.